The predicted octanol–water partition coefficient (Wildman–Crippen LogP) is 4.21. The van der Waals surface area contributed by atoms with Crippen LogP contribution in [-0.2, 0) is 0 Å². The summed E-state index contributed by atoms with van der Waals surface area (Å²) in [5.41, 5.74) is 0.111. The quantitative estimate of drug-likeness (QED) is 0.746. The number of halogens is 3. The second-order valence-electron chi connectivity index (χ2n) is 4.72. The van der Waals surface area contributed by atoms with E-state index in [2.05, 4.69) is 15.9 Å². The van der Waals surface area contributed by atoms with Gasteiger partial charge in [0, 0.05) is 22.9 Å². The normalized spacial score (nSPS) is 15.7. The number of rotatable bonds is 4. The highest BCUT2D eigenvalue weighted by Gasteiger charge is 2.29. The molecule has 0 radical (unpaired) electrons. The van der Waals surface area contributed by atoms with E-state index in [-0.39, 0.29) is 17.5 Å². The van der Waals surface area contributed by atoms with Gasteiger partial charge in [-0.1, -0.05) is 18.9 Å². The van der Waals surface area contributed by atoms with Gasteiger partial charge in [0.25, 0.3) is 5.91 Å². The third kappa shape index (κ3) is 3.29. The largest absolute Gasteiger partial charge is 0.334 e. The van der Waals surface area contributed by atoms with Crippen molar-refractivity contribution in [1.82, 2.24) is 4.90 Å². The van der Waals surface area contributed by atoms with Gasteiger partial charge >= 0.3 is 0 Å². The van der Waals surface area contributed by atoms with Crippen LogP contribution in [0, 0.1) is 5.82 Å². The SMILES string of the molecule is O=C(c1c(F)cccc1Br)N(CCCl)C1CCCC1. The molecule has 0 N–H and O–H groups in total. The molecule has 1 fully saturated rings. The topological polar surface area (TPSA) is 20.3 Å². The van der Waals surface area contributed by atoms with Crippen molar-refractivity contribution in [3.8, 4) is 0 Å². The summed E-state index contributed by atoms with van der Waals surface area (Å²) in [6.45, 7) is 0.464. The molecule has 0 saturated heterocycles. The van der Waals surface area contributed by atoms with Crippen molar-refractivity contribution < 1.29 is 9.18 Å². The molecule has 5 heteroatoms. The van der Waals surface area contributed by atoms with Gasteiger partial charge in [0.1, 0.15) is 5.82 Å². The van der Waals surface area contributed by atoms with Gasteiger partial charge in [0.05, 0.1) is 5.56 Å². The first kappa shape index (κ1) is 14.8. The maximum atomic E-state index is 13.9. The summed E-state index contributed by atoms with van der Waals surface area (Å²) in [7, 11) is 0. The zero-order valence-electron chi connectivity index (χ0n) is 10.5. The minimum atomic E-state index is -0.489. The van der Waals surface area contributed by atoms with E-state index in [1.807, 2.05) is 0 Å². The monoisotopic (exact) mass is 347 g/mol. The Labute approximate surface area is 126 Å². The van der Waals surface area contributed by atoms with Crippen LogP contribution in [0.5, 0.6) is 0 Å². The summed E-state index contributed by atoms with van der Waals surface area (Å²) in [5.74, 6) is -0.386. The molecular formula is C14H16BrClFNO. The number of carbonyl (C=O) groups is 1. The molecule has 0 atom stereocenters. The lowest BCUT2D eigenvalue weighted by atomic mass is 10.1. The van der Waals surface area contributed by atoms with E-state index in [9.17, 15) is 9.18 Å². The van der Waals surface area contributed by atoms with Crippen LogP contribution in [-0.4, -0.2) is 29.3 Å². The summed E-state index contributed by atoms with van der Waals surface area (Å²) in [6.07, 6.45) is 4.20. The van der Waals surface area contributed by atoms with Crippen LogP contribution < -0.4 is 0 Å². The Balaban J connectivity index is 2.28. The van der Waals surface area contributed by atoms with Crippen LogP contribution in [0.1, 0.15) is 36.0 Å². The second-order valence-corrected chi connectivity index (χ2v) is 5.95. The number of hydrogen-bond acceptors (Lipinski definition) is 1. The standard InChI is InChI=1S/C14H16BrClFNO/c15-11-6-3-7-12(17)13(11)14(19)18(9-8-16)10-4-1-2-5-10/h3,6-7,10H,1-2,4-5,8-9H2. The number of amides is 1. The molecule has 0 heterocycles. The lowest BCUT2D eigenvalue weighted by Crippen LogP contribution is -2.40. The van der Waals surface area contributed by atoms with Gasteiger partial charge < -0.3 is 4.90 Å². The van der Waals surface area contributed by atoms with Crippen molar-refractivity contribution in [2.45, 2.75) is 31.7 Å². The van der Waals surface area contributed by atoms with E-state index >= 15 is 0 Å². The van der Waals surface area contributed by atoms with E-state index in [0.717, 1.165) is 25.7 Å². The third-order valence-corrected chi connectivity index (χ3v) is 4.36. The Kier molecular flexibility index (Phi) is 5.22. The molecule has 1 aliphatic carbocycles. The third-order valence-electron chi connectivity index (χ3n) is 3.53. The van der Waals surface area contributed by atoms with Crippen LogP contribution in [0.2, 0.25) is 0 Å². The minimum absolute atomic E-state index is 0.111. The smallest absolute Gasteiger partial charge is 0.258 e. The van der Waals surface area contributed by atoms with Gasteiger partial charge in [-0.2, -0.15) is 0 Å². The Hall–Kier alpha value is -0.610. The van der Waals surface area contributed by atoms with Crippen LogP contribution >= 0.6 is 27.5 Å². The summed E-state index contributed by atoms with van der Waals surface area (Å²) < 4.78 is 14.4. The average Bonchev–Trinajstić information content (AvgIpc) is 2.89. The van der Waals surface area contributed by atoms with Crippen molar-refractivity contribution in [3.63, 3.8) is 0 Å². The van der Waals surface area contributed by atoms with E-state index in [0.29, 0.717) is 16.9 Å². The fourth-order valence-corrected chi connectivity index (χ4v) is 3.30. The molecule has 0 aromatic heterocycles. The fraction of sp³-hybridized carbons (Fsp3) is 0.500. The maximum absolute atomic E-state index is 13.9. The molecule has 1 amide bonds. The van der Waals surface area contributed by atoms with Gasteiger partial charge in [-0.25, -0.2) is 4.39 Å². The van der Waals surface area contributed by atoms with Gasteiger partial charge in [-0.15, -0.1) is 11.6 Å². The molecule has 1 aromatic rings. The highest BCUT2D eigenvalue weighted by Crippen LogP contribution is 2.28. The lowest BCUT2D eigenvalue weighted by Gasteiger charge is -2.28. The van der Waals surface area contributed by atoms with Gasteiger partial charge in [0.2, 0.25) is 0 Å². The molecular weight excluding hydrogens is 333 g/mol. The van der Waals surface area contributed by atoms with E-state index < -0.39 is 5.82 Å². The summed E-state index contributed by atoms with van der Waals surface area (Å²) in [5, 5.41) is 0. The molecule has 2 nitrogen and oxygen atoms in total. The number of nitrogens with zero attached hydrogens (tertiary/aromatic N) is 1. The van der Waals surface area contributed by atoms with E-state index in [4.69, 9.17) is 11.6 Å². The highest BCUT2D eigenvalue weighted by molar-refractivity contribution is 9.10. The van der Waals surface area contributed by atoms with Crippen LogP contribution in [0.15, 0.2) is 22.7 Å². The molecule has 1 aliphatic rings. The molecule has 2 rings (SSSR count). The number of benzene rings is 1. The van der Waals surface area contributed by atoms with Gasteiger partial charge in [0.15, 0.2) is 0 Å². The summed E-state index contributed by atoms with van der Waals surface area (Å²) in [6, 6.07) is 4.77. The Morgan fingerprint density at radius 2 is 2.11 bits per heavy atom. The van der Waals surface area contributed by atoms with Crippen molar-refractivity contribution in [2.24, 2.45) is 0 Å². The van der Waals surface area contributed by atoms with Gasteiger partial charge in [-0.05, 0) is 40.9 Å². The minimum Gasteiger partial charge on any atom is -0.334 e. The van der Waals surface area contributed by atoms with Crippen LogP contribution in [0.25, 0.3) is 0 Å². The van der Waals surface area contributed by atoms with Crippen molar-refractivity contribution in [1.29, 1.82) is 0 Å². The zero-order valence-corrected chi connectivity index (χ0v) is 12.9. The lowest BCUT2D eigenvalue weighted by molar-refractivity contribution is 0.0689. The average molecular weight is 349 g/mol. The second kappa shape index (κ2) is 6.71. The first-order chi connectivity index (χ1) is 9.15. The fourth-order valence-electron chi connectivity index (χ4n) is 2.60. The molecule has 104 valence electrons. The predicted molar refractivity (Wildman–Crippen MR) is 78.1 cm³/mol. The Bertz CT molecular complexity index is 443. The maximum Gasteiger partial charge on any atom is 0.258 e. The summed E-state index contributed by atoms with van der Waals surface area (Å²) in [4.78, 5) is 14.3. The number of hydrogen-bond donors (Lipinski definition) is 0. The van der Waals surface area contributed by atoms with Crippen LogP contribution in [0.4, 0.5) is 4.39 Å². The molecule has 0 aliphatic heterocycles. The van der Waals surface area contributed by atoms with Crippen molar-refractivity contribution in [3.05, 3.63) is 34.1 Å². The van der Waals surface area contributed by atoms with E-state index in [1.54, 1.807) is 17.0 Å². The summed E-state index contributed by atoms with van der Waals surface area (Å²) >= 11 is 9.04. The molecule has 1 saturated carbocycles. The van der Waals surface area contributed by atoms with Crippen LogP contribution in [0.3, 0.4) is 0 Å². The number of carbonyl (C=O) groups excluding carboxylic acids is 1. The van der Waals surface area contributed by atoms with Crippen molar-refractivity contribution >= 4 is 33.4 Å². The highest BCUT2D eigenvalue weighted by atomic mass is 79.9. The number of alkyl halides is 1. The van der Waals surface area contributed by atoms with Crippen molar-refractivity contribution in [2.75, 3.05) is 12.4 Å². The Morgan fingerprint density at radius 1 is 1.42 bits per heavy atom. The Morgan fingerprint density at radius 3 is 2.68 bits per heavy atom. The molecule has 1 aromatic carbocycles. The molecule has 0 unspecified atom stereocenters. The van der Waals surface area contributed by atoms with Gasteiger partial charge in [-0.3, -0.25) is 4.79 Å². The molecule has 0 spiro atoms. The zero-order chi connectivity index (χ0) is 13.8. The molecule has 0 bridgehead atoms. The molecule has 19 heavy (non-hydrogen) atoms. The first-order valence-corrected chi connectivity index (χ1v) is 7.79. The first-order valence-electron chi connectivity index (χ1n) is 6.46. The van der Waals surface area contributed by atoms with E-state index in [1.165, 1.54) is 6.07 Å².